The Bertz CT molecular complexity index is 756. The SMILES string of the molecule is CC(NC(=O)COc1ccccc1C#N)c1ccc(Cl)c(Cl)c1. The minimum absolute atomic E-state index is 0.176. The third kappa shape index (κ3) is 4.62. The molecule has 118 valence electrons. The van der Waals surface area contributed by atoms with Crippen LogP contribution in [0.15, 0.2) is 42.5 Å². The first-order chi connectivity index (χ1) is 11.0. The van der Waals surface area contributed by atoms with Crippen LogP contribution in [0.4, 0.5) is 0 Å². The maximum Gasteiger partial charge on any atom is 0.258 e. The van der Waals surface area contributed by atoms with E-state index in [1.54, 1.807) is 42.5 Å². The van der Waals surface area contributed by atoms with Crippen LogP contribution in [0.25, 0.3) is 0 Å². The van der Waals surface area contributed by atoms with Gasteiger partial charge in [0.1, 0.15) is 11.8 Å². The molecular formula is C17H14Cl2N2O2. The molecule has 1 amide bonds. The smallest absolute Gasteiger partial charge is 0.258 e. The van der Waals surface area contributed by atoms with Crippen molar-refractivity contribution in [2.24, 2.45) is 0 Å². The summed E-state index contributed by atoms with van der Waals surface area (Å²) in [6.45, 7) is 1.66. The molecule has 1 atom stereocenters. The highest BCUT2D eigenvalue weighted by atomic mass is 35.5. The molecule has 0 saturated carbocycles. The number of carbonyl (C=O) groups is 1. The van der Waals surface area contributed by atoms with Gasteiger partial charge in [-0.3, -0.25) is 4.79 Å². The standard InChI is InChI=1S/C17H14Cl2N2O2/c1-11(12-6-7-14(18)15(19)8-12)21-17(22)10-23-16-5-3-2-4-13(16)9-20/h2-8,11H,10H2,1H3,(H,21,22). The first-order valence-electron chi connectivity index (χ1n) is 6.87. The monoisotopic (exact) mass is 348 g/mol. The van der Waals surface area contributed by atoms with Crippen LogP contribution in [0.1, 0.15) is 24.1 Å². The Morgan fingerprint density at radius 3 is 2.70 bits per heavy atom. The molecule has 2 aromatic carbocycles. The molecule has 0 spiro atoms. The second kappa shape index (κ2) is 7.87. The lowest BCUT2D eigenvalue weighted by Gasteiger charge is -2.15. The van der Waals surface area contributed by atoms with E-state index in [2.05, 4.69) is 5.32 Å². The highest BCUT2D eigenvalue weighted by Gasteiger charge is 2.12. The number of hydrogen-bond acceptors (Lipinski definition) is 3. The maximum absolute atomic E-state index is 12.0. The van der Waals surface area contributed by atoms with E-state index in [1.165, 1.54) is 0 Å². The fourth-order valence-electron chi connectivity index (χ4n) is 1.98. The van der Waals surface area contributed by atoms with Crippen molar-refractivity contribution in [2.45, 2.75) is 13.0 Å². The summed E-state index contributed by atoms with van der Waals surface area (Å²) in [5.74, 6) is 0.0867. The fraction of sp³-hybridized carbons (Fsp3) is 0.176. The molecule has 0 fully saturated rings. The summed E-state index contributed by atoms with van der Waals surface area (Å²) in [4.78, 5) is 12.0. The Hall–Kier alpha value is -2.22. The van der Waals surface area contributed by atoms with Gasteiger partial charge in [-0.2, -0.15) is 5.26 Å². The molecule has 6 heteroatoms. The highest BCUT2D eigenvalue weighted by Crippen LogP contribution is 2.25. The zero-order chi connectivity index (χ0) is 16.8. The maximum atomic E-state index is 12.0. The van der Waals surface area contributed by atoms with Crippen LogP contribution in [-0.4, -0.2) is 12.5 Å². The summed E-state index contributed by atoms with van der Waals surface area (Å²) in [7, 11) is 0. The second-order valence-electron chi connectivity index (χ2n) is 4.86. The topological polar surface area (TPSA) is 62.1 Å². The summed E-state index contributed by atoms with van der Waals surface area (Å²) in [6.07, 6.45) is 0. The van der Waals surface area contributed by atoms with Gasteiger partial charge in [0.15, 0.2) is 6.61 Å². The van der Waals surface area contributed by atoms with Crippen molar-refractivity contribution < 1.29 is 9.53 Å². The molecule has 2 rings (SSSR count). The number of rotatable bonds is 5. The van der Waals surface area contributed by atoms with Crippen LogP contribution in [0, 0.1) is 11.3 Å². The molecule has 0 heterocycles. The number of nitriles is 1. The van der Waals surface area contributed by atoms with E-state index in [9.17, 15) is 4.79 Å². The Balaban J connectivity index is 1.94. The molecule has 1 N–H and O–H groups in total. The van der Waals surface area contributed by atoms with Crippen molar-refractivity contribution in [3.63, 3.8) is 0 Å². The summed E-state index contributed by atoms with van der Waals surface area (Å²) >= 11 is 11.8. The number of amides is 1. The van der Waals surface area contributed by atoms with E-state index in [-0.39, 0.29) is 18.6 Å². The molecule has 2 aromatic rings. The van der Waals surface area contributed by atoms with Gasteiger partial charge in [0.25, 0.3) is 5.91 Å². The van der Waals surface area contributed by atoms with Gasteiger partial charge in [-0.1, -0.05) is 41.4 Å². The summed E-state index contributed by atoms with van der Waals surface area (Å²) in [5, 5.41) is 12.7. The number of para-hydroxylation sites is 1. The molecule has 0 aliphatic carbocycles. The Labute approximate surface area is 144 Å². The number of carbonyl (C=O) groups excluding carboxylic acids is 1. The van der Waals surface area contributed by atoms with Crippen molar-refractivity contribution in [3.8, 4) is 11.8 Å². The predicted molar refractivity (Wildman–Crippen MR) is 89.7 cm³/mol. The van der Waals surface area contributed by atoms with Gasteiger partial charge in [-0.25, -0.2) is 0 Å². The first kappa shape index (κ1) is 17.1. The molecule has 4 nitrogen and oxygen atoms in total. The predicted octanol–water partition coefficient (Wildman–Crippen LogP) is 4.12. The van der Waals surface area contributed by atoms with Crippen molar-refractivity contribution in [3.05, 3.63) is 63.6 Å². The minimum Gasteiger partial charge on any atom is -0.482 e. The number of ether oxygens (including phenoxy) is 1. The molecule has 0 saturated heterocycles. The van der Waals surface area contributed by atoms with E-state index in [4.69, 9.17) is 33.2 Å². The van der Waals surface area contributed by atoms with E-state index in [0.29, 0.717) is 21.4 Å². The Kier molecular flexibility index (Phi) is 5.86. The number of benzene rings is 2. The van der Waals surface area contributed by atoms with Crippen LogP contribution in [0.5, 0.6) is 5.75 Å². The van der Waals surface area contributed by atoms with E-state index >= 15 is 0 Å². The van der Waals surface area contributed by atoms with Gasteiger partial charge < -0.3 is 10.1 Å². The van der Waals surface area contributed by atoms with E-state index < -0.39 is 0 Å². The van der Waals surface area contributed by atoms with Crippen molar-refractivity contribution in [1.82, 2.24) is 5.32 Å². The number of nitrogens with zero attached hydrogens (tertiary/aromatic N) is 1. The van der Waals surface area contributed by atoms with Crippen molar-refractivity contribution >= 4 is 29.1 Å². The third-order valence-corrected chi connectivity index (χ3v) is 3.93. The molecule has 23 heavy (non-hydrogen) atoms. The van der Waals surface area contributed by atoms with Crippen LogP contribution in [0.2, 0.25) is 10.0 Å². The molecule has 0 bridgehead atoms. The van der Waals surface area contributed by atoms with Crippen molar-refractivity contribution in [2.75, 3.05) is 6.61 Å². The zero-order valence-electron chi connectivity index (χ0n) is 12.3. The number of nitrogens with one attached hydrogen (secondary N) is 1. The third-order valence-electron chi connectivity index (χ3n) is 3.19. The summed E-state index contributed by atoms with van der Waals surface area (Å²) < 4.78 is 5.39. The van der Waals surface area contributed by atoms with Crippen LogP contribution in [-0.2, 0) is 4.79 Å². The van der Waals surface area contributed by atoms with Crippen LogP contribution >= 0.6 is 23.2 Å². The lowest BCUT2D eigenvalue weighted by molar-refractivity contribution is -0.123. The largest absolute Gasteiger partial charge is 0.482 e. The zero-order valence-corrected chi connectivity index (χ0v) is 13.9. The average molecular weight is 349 g/mol. The molecular weight excluding hydrogens is 335 g/mol. The lowest BCUT2D eigenvalue weighted by Crippen LogP contribution is -2.31. The highest BCUT2D eigenvalue weighted by molar-refractivity contribution is 6.42. The fourth-order valence-corrected chi connectivity index (χ4v) is 2.28. The molecule has 0 aliphatic heterocycles. The minimum atomic E-state index is -0.295. The molecule has 0 aliphatic rings. The second-order valence-corrected chi connectivity index (χ2v) is 5.67. The van der Waals surface area contributed by atoms with Gasteiger partial charge in [-0.15, -0.1) is 0 Å². The van der Waals surface area contributed by atoms with E-state index in [1.807, 2.05) is 13.0 Å². The van der Waals surface area contributed by atoms with Gasteiger partial charge in [0.2, 0.25) is 0 Å². The molecule has 0 radical (unpaired) electrons. The van der Waals surface area contributed by atoms with Gasteiger partial charge in [-0.05, 0) is 36.8 Å². The first-order valence-corrected chi connectivity index (χ1v) is 7.63. The van der Waals surface area contributed by atoms with Crippen molar-refractivity contribution in [1.29, 1.82) is 5.26 Å². The Morgan fingerprint density at radius 1 is 1.26 bits per heavy atom. The quantitative estimate of drug-likeness (QED) is 0.883. The van der Waals surface area contributed by atoms with Gasteiger partial charge in [0.05, 0.1) is 21.7 Å². The van der Waals surface area contributed by atoms with Gasteiger partial charge >= 0.3 is 0 Å². The number of hydrogen-bond donors (Lipinski definition) is 1. The number of halogens is 2. The van der Waals surface area contributed by atoms with Crippen LogP contribution in [0.3, 0.4) is 0 Å². The summed E-state index contributed by atoms with van der Waals surface area (Å²) in [5.41, 5.74) is 1.23. The van der Waals surface area contributed by atoms with E-state index in [0.717, 1.165) is 5.56 Å². The molecule has 0 aromatic heterocycles. The van der Waals surface area contributed by atoms with Crippen LogP contribution < -0.4 is 10.1 Å². The normalized spacial score (nSPS) is 11.4. The lowest BCUT2D eigenvalue weighted by atomic mass is 10.1. The molecule has 1 unspecified atom stereocenters. The van der Waals surface area contributed by atoms with Gasteiger partial charge in [0, 0.05) is 0 Å². The average Bonchev–Trinajstić information content (AvgIpc) is 2.55. The Morgan fingerprint density at radius 2 is 2.00 bits per heavy atom. The summed E-state index contributed by atoms with van der Waals surface area (Å²) in [6, 6.07) is 13.7.